The Kier molecular flexibility index (Phi) is 4.57. The van der Waals surface area contributed by atoms with Gasteiger partial charge >= 0.3 is 0 Å². The molecule has 0 aliphatic carbocycles. The molecule has 0 N–H and O–H groups in total. The van der Waals surface area contributed by atoms with Crippen LogP contribution in [0.15, 0.2) is 72.0 Å². The van der Waals surface area contributed by atoms with E-state index in [9.17, 15) is 4.79 Å². The van der Waals surface area contributed by atoms with Gasteiger partial charge in [-0.05, 0) is 17.7 Å². The fraction of sp³-hybridized carbons (Fsp3) is 0.227. The van der Waals surface area contributed by atoms with E-state index in [4.69, 9.17) is 9.72 Å². The van der Waals surface area contributed by atoms with Crippen molar-refractivity contribution in [1.82, 2.24) is 19.1 Å². The van der Waals surface area contributed by atoms with Gasteiger partial charge in [0.1, 0.15) is 5.82 Å². The van der Waals surface area contributed by atoms with E-state index in [1.807, 2.05) is 59.4 Å². The van der Waals surface area contributed by atoms with E-state index in [1.54, 1.807) is 17.0 Å². The van der Waals surface area contributed by atoms with Crippen LogP contribution in [0.2, 0.25) is 0 Å². The molecule has 5 rings (SSSR count). The van der Waals surface area contributed by atoms with Gasteiger partial charge in [0.25, 0.3) is 5.56 Å². The lowest BCUT2D eigenvalue weighted by Gasteiger charge is -2.27. The Bertz CT molecular complexity index is 1190. The maximum Gasteiger partial charge on any atom is 0.260 e. The number of aromatic nitrogens is 4. The molecule has 0 bridgehead atoms. The highest BCUT2D eigenvalue weighted by Crippen LogP contribution is 2.19. The van der Waals surface area contributed by atoms with Crippen LogP contribution in [0, 0.1) is 0 Å². The van der Waals surface area contributed by atoms with Crippen LogP contribution in [0.25, 0.3) is 16.7 Å². The van der Waals surface area contributed by atoms with E-state index in [1.165, 1.54) is 0 Å². The summed E-state index contributed by atoms with van der Waals surface area (Å²) in [5.41, 5.74) is 1.91. The number of nitrogens with zero attached hydrogens (tertiary/aromatic N) is 5. The summed E-state index contributed by atoms with van der Waals surface area (Å²) in [7, 11) is 0. The van der Waals surface area contributed by atoms with Gasteiger partial charge in [-0.2, -0.15) is 0 Å². The Morgan fingerprint density at radius 1 is 0.931 bits per heavy atom. The lowest BCUT2D eigenvalue weighted by Crippen LogP contribution is -2.36. The summed E-state index contributed by atoms with van der Waals surface area (Å²) < 4.78 is 9.07. The molecule has 0 amide bonds. The molecule has 7 heteroatoms. The molecule has 1 aromatic carbocycles. The number of pyridine rings is 1. The third-order valence-corrected chi connectivity index (χ3v) is 5.22. The van der Waals surface area contributed by atoms with Crippen LogP contribution in [0.1, 0.15) is 5.56 Å². The standard InChI is InChI=1S/C22H21N5O2/c28-22-18-6-9-27(19(18)7-8-26(22)16-17-4-2-1-3-5-17)21-15-23-14-20(24-21)25-10-12-29-13-11-25/h1-9,14-15H,10-13,16H2. The van der Waals surface area contributed by atoms with Gasteiger partial charge in [0, 0.05) is 25.5 Å². The van der Waals surface area contributed by atoms with Crippen LogP contribution in [0.4, 0.5) is 5.82 Å². The molecule has 4 aromatic rings. The van der Waals surface area contributed by atoms with Crippen LogP contribution in [0.3, 0.4) is 0 Å². The lowest BCUT2D eigenvalue weighted by atomic mass is 10.2. The highest BCUT2D eigenvalue weighted by molar-refractivity contribution is 5.80. The Morgan fingerprint density at radius 3 is 2.55 bits per heavy atom. The Labute approximate surface area is 167 Å². The second-order valence-corrected chi connectivity index (χ2v) is 7.05. The van der Waals surface area contributed by atoms with E-state index in [0.717, 1.165) is 30.0 Å². The summed E-state index contributed by atoms with van der Waals surface area (Å²) >= 11 is 0. The first kappa shape index (κ1) is 17.6. The minimum Gasteiger partial charge on any atom is -0.378 e. The molecule has 7 nitrogen and oxygen atoms in total. The van der Waals surface area contributed by atoms with Gasteiger partial charge in [0.2, 0.25) is 0 Å². The minimum atomic E-state index is -0.0117. The molecule has 0 spiro atoms. The number of ether oxygens (including phenoxy) is 1. The summed E-state index contributed by atoms with van der Waals surface area (Å²) in [6, 6.07) is 13.8. The molecule has 1 fully saturated rings. The predicted octanol–water partition coefficient (Wildman–Crippen LogP) is 2.47. The van der Waals surface area contributed by atoms with Crippen molar-refractivity contribution in [3.8, 4) is 5.82 Å². The first-order valence-corrected chi connectivity index (χ1v) is 9.69. The molecule has 0 atom stereocenters. The maximum atomic E-state index is 13.0. The van der Waals surface area contributed by atoms with Crippen molar-refractivity contribution in [2.24, 2.45) is 0 Å². The largest absolute Gasteiger partial charge is 0.378 e. The number of benzene rings is 1. The van der Waals surface area contributed by atoms with Crippen LogP contribution in [-0.2, 0) is 11.3 Å². The molecule has 1 aliphatic rings. The van der Waals surface area contributed by atoms with Crippen molar-refractivity contribution in [3.05, 3.63) is 83.2 Å². The van der Waals surface area contributed by atoms with Crippen molar-refractivity contribution in [2.75, 3.05) is 31.2 Å². The second kappa shape index (κ2) is 7.52. The molecule has 3 aromatic heterocycles. The Morgan fingerprint density at radius 2 is 1.72 bits per heavy atom. The lowest BCUT2D eigenvalue weighted by molar-refractivity contribution is 0.122. The molecule has 1 aliphatic heterocycles. The third kappa shape index (κ3) is 3.40. The van der Waals surface area contributed by atoms with E-state index < -0.39 is 0 Å². The minimum absolute atomic E-state index is 0.0117. The zero-order chi connectivity index (χ0) is 19.6. The average molecular weight is 387 g/mol. The van der Waals surface area contributed by atoms with Gasteiger partial charge in [0.15, 0.2) is 5.82 Å². The molecule has 29 heavy (non-hydrogen) atoms. The van der Waals surface area contributed by atoms with Crippen LogP contribution in [-0.4, -0.2) is 45.4 Å². The maximum absolute atomic E-state index is 13.0. The molecule has 4 heterocycles. The van der Waals surface area contributed by atoms with Gasteiger partial charge in [0.05, 0.1) is 43.1 Å². The van der Waals surface area contributed by atoms with Crippen molar-refractivity contribution < 1.29 is 4.74 Å². The Balaban J connectivity index is 1.50. The van der Waals surface area contributed by atoms with Gasteiger partial charge < -0.3 is 14.2 Å². The summed E-state index contributed by atoms with van der Waals surface area (Å²) in [6.07, 6.45) is 7.21. The number of anilines is 1. The summed E-state index contributed by atoms with van der Waals surface area (Å²) in [4.78, 5) is 24.3. The van der Waals surface area contributed by atoms with E-state index in [2.05, 4.69) is 9.88 Å². The van der Waals surface area contributed by atoms with Crippen LogP contribution in [0.5, 0.6) is 0 Å². The van der Waals surface area contributed by atoms with Gasteiger partial charge in [-0.1, -0.05) is 30.3 Å². The van der Waals surface area contributed by atoms with E-state index in [-0.39, 0.29) is 5.56 Å². The molecule has 1 saturated heterocycles. The van der Waals surface area contributed by atoms with E-state index in [0.29, 0.717) is 31.0 Å². The Hall–Kier alpha value is -3.45. The van der Waals surface area contributed by atoms with Gasteiger partial charge in [-0.3, -0.25) is 14.3 Å². The molecule has 0 unspecified atom stereocenters. The first-order valence-electron chi connectivity index (χ1n) is 9.69. The zero-order valence-corrected chi connectivity index (χ0v) is 15.9. The molecule has 146 valence electrons. The summed E-state index contributed by atoms with van der Waals surface area (Å²) in [5, 5.41) is 0.669. The quantitative estimate of drug-likeness (QED) is 0.538. The van der Waals surface area contributed by atoms with Crippen molar-refractivity contribution >= 4 is 16.7 Å². The highest BCUT2D eigenvalue weighted by atomic mass is 16.5. The number of morpholine rings is 1. The smallest absolute Gasteiger partial charge is 0.260 e. The number of hydrogen-bond donors (Lipinski definition) is 0. The first-order chi connectivity index (χ1) is 14.3. The fourth-order valence-electron chi connectivity index (χ4n) is 3.69. The highest BCUT2D eigenvalue weighted by Gasteiger charge is 2.15. The normalized spacial score (nSPS) is 14.4. The molecular weight excluding hydrogens is 366 g/mol. The summed E-state index contributed by atoms with van der Waals surface area (Å²) in [5.74, 6) is 1.52. The summed E-state index contributed by atoms with van der Waals surface area (Å²) in [6.45, 7) is 3.54. The topological polar surface area (TPSA) is 65.2 Å². The monoisotopic (exact) mass is 387 g/mol. The molecule has 0 radical (unpaired) electrons. The zero-order valence-electron chi connectivity index (χ0n) is 15.9. The van der Waals surface area contributed by atoms with Crippen molar-refractivity contribution in [2.45, 2.75) is 6.54 Å². The van der Waals surface area contributed by atoms with E-state index >= 15 is 0 Å². The van der Waals surface area contributed by atoms with Gasteiger partial charge in [-0.25, -0.2) is 4.98 Å². The third-order valence-electron chi connectivity index (χ3n) is 5.22. The average Bonchev–Trinajstić information content (AvgIpc) is 3.22. The van der Waals surface area contributed by atoms with Crippen LogP contribution >= 0.6 is 0 Å². The SMILES string of the molecule is O=c1c2ccn(-c3cncc(N4CCOCC4)n3)c2ccn1Cc1ccccc1. The fourth-order valence-corrected chi connectivity index (χ4v) is 3.69. The number of hydrogen-bond acceptors (Lipinski definition) is 5. The van der Waals surface area contributed by atoms with Gasteiger partial charge in [-0.15, -0.1) is 0 Å². The second-order valence-electron chi connectivity index (χ2n) is 7.05. The van der Waals surface area contributed by atoms with Crippen molar-refractivity contribution in [1.29, 1.82) is 0 Å². The molecular formula is C22H21N5O2. The van der Waals surface area contributed by atoms with Crippen molar-refractivity contribution in [3.63, 3.8) is 0 Å². The predicted molar refractivity (Wildman–Crippen MR) is 112 cm³/mol. The number of fused-ring (bicyclic) bond motifs is 1. The number of rotatable bonds is 4. The van der Waals surface area contributed by atoms with Crippen LogP contribution < -0.4 is 10.5 Å². The molecule has 0 saturated carbocycles.